The van der Waals surface area contributed by atoms with Crippen LogP contribution in [-0.4, -0.2) is 56.8 Å². The normalized spacial score (nSPS) is 11.8. The first-order valence-electron chi connectivity index (χ1n) is 12.6. The number of methoxy groups -OCH3 is 1. The number of sulfonamides is 1. The Morgan fingerprint density at radius 1 is 1.10 bits per heavy atom. The number of hydrogen-bond acceptors (Lipinski definition) is 7. The van der Waals surface area contributed by atoms with Crippen molar-refractivity contribution in [2.45, 2.75) is 37.8 Å². The second-order valence-electron chi connectivity index (χ2n) is 9.07. The lowest BCUT2D eigenvalue weighted by atomic mass is 10.1. The minimum Gasteiger partial charge on any atom is -0.497 e. The Bertz CT molecular complexity index is 1530. The molecule has 0 aromatic heterocycles. The van der Waals surface area contributed by atoms with Crippen molar-refractivity contribution in [2.24, 2.45) is 0 Å². The number of amides is 2. The number of hydrogen-bond donors (Lipinski definition) is 1. The lowest BCUT2D eigenvalue weighted by Crippen LogP contribution is -2.51. The molecule has 11 nitrogen and oxygen atoms in total. The maximum atomic E-state index is 14.0. The fraction of sp³-hybridized carbons (Fsp3) is 0.286. The van der Waals surface area contributed by atoms with Gasteiger partial charge in [0.15, 0.2) is 0 Å². The summed E-state index contributed by atoms with van der Waals surface area (Å²) in [6, 6.07) is 15.4. The number of anilines is 1. The van der Waals surface area contributed by atoms with Crippen LogP contribution >= 0.6 is 11.6 Å². The third-order valence-electron chi connectivity index (χ3n) is 6.54. The molecule has 0 aliphatic heterocycles. The van der Waals surface area contributed by atoms with Crippen molar-refractivity contribution in [1.29, 1.82) is 0 Å². The van der Waals surface area contributed by atoms with Crippen molar-refractivity contribution in [1.82, 2.24) is 10.2 Å². The van der Waals surface area contributed by atoms with Crippen molar-refractivity contribution < 1.29 is 27.7 Å². The van der Waals surface area contributed by atoms with E-state index in [-0.39, 0.29) is 34.8 Å². The SMILES string of the molecule is CC[C@@H](C(=O)NC)N(Cc1ccccc1Cl)C(=O)CN(c1ccc(OC)cc1)S(=O)(=O)c1ccc(C)c([N+](=O)[O-])c1. The number of likely N-dealkylation sites (N-methyl/N-ethyl adjacent to an activating group) is 1. The van der Waals surface area contributed by atoms with Crippen molar-refractivity contribution in [3.63, 3.8) is 0 Å². The lowest BCUT2D eigenvalue weighted by Gasteiger charge is -2.33. The molecule has 2 amide bonds. The van der Waals surface area contributed by atoms with Crippen LogP contribution in [0.1, 0.15) is 24.5 Å². The fourth-order valence-electron chi connectivity index (χ4n) is 4.25. The molecular formula is C28H31ClN4O7S. The van der Waals surface area contributed by atoms with Crippen molar-refractivity contribution in [3.05, 3.63) is 93.0 Å². The summed E-state index contributed by atoms with van der Waals surface area (Å²) in [5.41, 5.74) is 0.590. The van der Waals surface area contributed by atoms with E-state index >= 15 is 0 Å². The van der Waals surface area contributed by atoms with Crippen LogP contribution in [-0.2, 0) is 26.2 Å². The highest BCUT2D eigenvalue weighted by Gasteiger charge is 2.34. The number of carbonyl (C=O) groups is 2. The number of halogens is 1. The Morgan fingerprint density at radius 2 is 1.76 bits per heavy atom. The van der Waals surface area contributed by atoms with Gasteiger partial charge in [-0.05, 0) is 55.3 Å². The molecule has 3 rings (SSSR count). The molecule has 0 radical (unpaired) electrons. The van der Waals surface area contributed by atoms with E-state index in [0.29, 0.717) is 16.3 Å². The highest BCUT2D eigenvalue weighted by atomic mass is 35.5. The molecule has 0 fully saturated rings. The molecule has 0 aliphatic rings. The molecule has 3 aromatic carbocycles. The maximum Gasteiger partial charge on any atom is 0.273 e. The summed E-state index contributed by atoms with van der Waals surface area (Å²) < 4.78 is 34.0. The van der Waals surface area contributed by atoms with Crippen molar-refractivity contribution in [3.8, 4) is 5.75 Å². The maximum absolute atomic E-state index is 14.0. The van der Waals surface area contributed by atoms with Crippen molar-refractivity contribution in [2.75, 3.05) is 25.0 Å². The van der Waals surface area contributed by atoms with Gasteiger partial charge in [0, 0.05) is 30.2 Å². The van der Waals surface area contributed by atoms with E-state index in [1.165, 1.54) is 62.4 Å². The monoisotopic (exact) mass is 602 g/mol. The Morgan fingerprint density at radius 3 is 2.32 bits per heavy atom. The average Bonchev–Trinajstić information content (AvgIpc) is 2.96. The van der Waals surface area contributed by atoms with Gasteiger partial charge >= 0.3 is 0 Å². The third kappa shape index (κ3) is 7.14. The molecule has 13 heteroatoms. The predicted molar refractivity (Wildman–Crippen MR) is 156 cm³/mol. The van der Waals surface area contributed by atoms with Gasteiger partial charge in [-0.1, -0.05) is 42.8 Å². The van der Waals surface area contributed by atoms with E-state index in [1.807, 2.05) is 0 Å². The standard InChI is InChI=1S/C28H31ClN4O7S/c1-5-25(28(35)30-3)31(17-20-8-6-7-9-24(20)29)27(34)18-32(21-11-13-22(40-4)14-12-21)41(38,39)23-15-10-19(2)26(16-23)33(36)37/h6-16,25H,5,17-18H2,1-4H3,(H,30,35)/t25-/m0/s1. The van der Waals surface area contributed by atoms with Crippen LogP contribution < -0.4 is 14.4 Å². The second-order valence-corrected chi connectivity index (χ2v) is 11.3. The molecule has 3 aromatic rings. The van der Waals surface area contributed by atoms with Gasteiger partial charge in [-0.3, -0.25) is 24.0 Å². The molecule has 1 atom stereocenters. The summed E-state index contributed by atoms with van der Waals surface area (Å²) in [5, 5.41) is 14.5. The number of nitrogens with one attached hydrogen (secondary N) is 1. The quantitative estimate of drug-likeness (QED) is 0.241. The van der Waals surface area contributed by atoms with Crippen molar-refractivity contribution >= 4 is 44.8 Å². The molecule has 0 saturated carbocycles. The molecule has 0 spiro atoms. The number of rotatable bonds is 12. The van der Waals surface area contributed by atoms with E-state index in [1.54, 1.807) is 31.2 Å². The van der Waals surface area contributed by atoms with Gasteiger partial charge in [0.05, 0.1) is 22.6 Å². The molecular weight excluding hydrogens is 572 g/mol. The largest absolute Gasteiger partial charge is 0.497 e. The summed E-state index contributed by atoms with van der Waals surface area (Å²) in [6.07, 6.45) is 0.245. The molecule has 41 heavy (non-hydrogen) atoms. The summed E-state index contributed by atoms with van der Waals surface area (Å²) in [7, 11) is -1.60. The van der Waals surface area contributed by atoms with Gasteiger partial charge in [0.25, 0.3) is 15.7 Å². The van der Waals surface area contributed by atoms with Gasteiger partial charge in [0.2, 0.25) is 11.8 Å². The second kappa shape index (κ2) is 13.5. The number of carbonyl (C=O) groups excluding carboxylic acids is 2. The van der Waals surface area contributed by atoms with E-state index in [2.05, 4.69) is 5.32 Å². The van der Waals surface area contributed by atoms with Crippen LogP contribution in [0, 0.1) is 17.0 Å². The van der Waals surface area contributed by atoms with E-state index in [9.17, 15) is 28.1 Å². The van der Waals surface area contributed by atoms with E-state index in [0.717, 1.165) is 10.4 Å². The summed E-state index contributed by atoms with van der Waals surface area (Å²) >= 11 is 6.36. The Kier molecular flexibility index (Phi) is 10.3. The van der Waals surface area contributed by atoms with E-state index in [4.69, 9.17) is 16.3 Å². The van der Waals surface area contributed by atoms with Gasteiger partial charge in [0.1, 0.15) is 18.3 Å². The number of nitro benzene ring substituents is 1. The average molecular weight is 603 g/mol. The van der Waals surface area contributed by atoms with Crippen LogP contribution in [0.25, 0.3) is 0 Å². The first kappa shape index (κ1) is 31.4. The van der Waals surface area contributed by atoms with Gasteiger partial charge in [-0.2, -0.15) is 0 Å². The lowest BCUT2D eigenvalue weighted by molar-refractivity contribution is -0.385. The summed E-state index contributed by atoms with van der Waals surface area (Å²) in [6.45, 7) is 2.47. The molecule has 0 heterocycles. The van der Waals surface area contributed by atoms with E-state index < -0.39 is 39.3 Å². The molecule has 1 N–H and O–H groups in total. The first-order chi connectivity index (χ1) is 19.4. The number of nitrogens with zero attached hydrogens (tertiary/aromatic N) is 3. The smallest absolute Gasteiger partial charge is 0.273 e. The van der Waals surface area contributed by atoms with Gasteiger partial charge in [-0.15, -0.1) is 0 Å². The Balaban J connectivity index is 2.13. The number of benzene rings is 3. The molecule has 0 bridgehead atoms. The third-order valence-corrected chi connectivity index (χ3v) is 8.67. The number of ether oxygens (including phenoxy) is 1. The molecule has 0 saturated heterocycles. The van der Waals surface area contributed by atoms with Crippen LogP contribution in [0.4, 0.5) is 11.4 Å². The topological polar surface area (TPSA) is 139 Å². The fourth-order valence-corrected chi connectivity index (χ4v) is 5.88. The predicted octanol–water partition coefficient (Wildman–Crippen LogP) is 4.31. The summed E-state index contributed by atoms with van der Waals surface area (Å²) in [4.78, 5) is 38.6. The minimum absolute atomic E-state index is 0.0586. The molecule has 218 valence electrons. The number of nitro groups is 1. The van der Waals surface area contributed by atoms with Crippen LogP contribution in [0.3, 0.4) is 0 Å². The molecule has 0 aliphatic carbocycles. The van der Waals surface area contributed by atoms with Gasteiger partial charge in [-0.25, -0.2) is 8.42 Å². The van der Waals surface area contributed by atoms with Crippen LogP contribution in [0.5, 0.6) is 5.75 Å². The number of aryl methyl sites for hydroxylation is 1. The zero-order valence-corrected chi connectivity index (χ0v) is 24.6. The zero-order valence-electron chi connectivity index (χ0n) is 23.0. The highest BCUT2D eigenvalue weighted by Crippen LogP contribution is 2.30. The summed E-state index contributed by atoms with van der Waals surface area (Å²) in [5.74, 6) is -0.656. The Hall–Kier alpha value is -4.16. The molecule has 0 unspecified atom stereocenters. The zero-order chi connectivity index (χ0) is 30.3. The van der Waals surface area contributed by atoms with Crippen LogP contribution in [0.2, 0.25) is 5.02 Å². The van der Waals surface area contributed by atoms with Crippen LogP contribution in [0.15, 0.2) is 71.6 Å². The Labute approximate surface area is 243 Å². The first-order valence-corrected chi connectivity index (χ1v) is 14.4. The highest BCUT2D eigenvalue weighted by molar-refractivity contribution is 7.92. The van der Waals surface area contributed by atoms with Gasteiger partial charge < -0.3 is 15.0 Å². The minimum atomic E-state index is -4.50.